The second-order valence-corrected chi connectivity index (χ2v) is 4.11. The van der Waals surface area contributed by atoms with Gasteiger partial charge < -0.3 is 14.6 Å². The fraction of sp³-hybridized carbons (Fsp3) is 0.267. The van der Waals surface area contributed by atoms with Gasteiger partial charge >= 0.3 is 0 Å². The van der Waals surface area contributed by atoms with E-state index in [1.165, 1.54) is 0 Å². The molecule has 4 nitrogen and oxygen atoms in total. The van der Waals surface area contributed by atoms with Crippen LogP contribution in [0.15, 0.2) is 42.6 Å². The van der Waals surface area contributed by atoms with E-state index in [-0.39, 0.29) is 0 Å². The molecule has 0 bridgehead atoms. The van der Waals surface area contributed by atoms with E-state index >= 15 is 0 Å². The number of nitrogens with zero attached hydrogens (tertiary/aromatic N) is 1. The van der Waals surface area contributed by atoms with E-state index in [1.807, 2.05) is 25.1 Å². The number of hydrogen-bond donors (Lipinski definition) is 1. The molecular weight excluding hydrogens is 242 g/mol. The van der Waals surface area contributed by atoms with Crippen LogP contribution < -0.4 is 9.47 Å². The van der Waals surface area contributed by atoms with E-state index in [1.54, 1.807) is 31.3 Å². The Labute approximate surface area is 112 Å². The van der Waals surface area contributed by atoms with Crippen LogP contribution in [0.1, 0.15) is 25.5 Å². The van der Waals surface area contributed by atoms with Crippen molar-refractivity contribution in [2.75, 3.05) is 6.61 Å². The van der Waals surface area contributed by atoms with Gasteiger partial charge in [-0.1, -0.05) is 6.07 Å². The maximum atomic E-state index is 9.52. The molecule has 0 saturated carbocycles. The molecule has 100 valence electrons. The Morgan fingerprint density at radius 3 is 2.74 bits per heavy atom. The Bertz CT molecular complexity index is 540. The number of rotatable bonds is 5. The van der Waals surface area contributed by atoms with Crippen molar-refractivity contribution in [2.45, 2.75) is 20.0 Å². The summed E-state index contributed by atoms with van der Waals surface area (Å²) in [6.45, 7) is 4.25. The maximum absolute atomic E-state index is 9.52. The lowest BCUT2D eigenvalue weighted by Gasteiger charge is -2.09. The summed E-state index contributed by atoms with van der Waals surface area (Å²) in [6, 6.07) is 10.8. The van der Waals surface area contributed by atoms with E-state index in [9.17, 15) is 5.11 Å². The summed E-state index contributed by atoms with van der Waals surface area (Å²) in [5.74, 6) is 1.86. The van der Waals surface area contributed by atoms with Crippen molar-refractivity contribution in [1.82, 2.24) is 4.98 Å². The number of ether oxygens (including phenoxy) is 2. The molecule has 0 aliphatic rings. The van der Waals surface area contributed by atoms with Crippen LogP contribution in [0, 0.1) is 0 Å². The fourth-order valence-corrected chi connectivity index (χ4v) is 1.66. The molecule has 0 aliphatic heterocycles. The number of aromatic nitrogens is 1. The number of benzene rings is 1. The van der Waals surface area contributed by atoms with Gasteiger partial charge in [-0.3, -0.25) is 0 Å². The summed E-state index contributed by atoms with van der Waals surface area (Å²) in [7, 11) is 0. The third kappa shape index (κ3) is 3.69. The molecule has 1 N–H and O–H groups in total. The number of hydrogen-bond acceptors (Lipinski definition) is 4. The fourth-order valence-electron chi connectivity index (χ4n) is 1.66. The Balaban J connectivity index is 2.16. The molecule has 0 radical (unpaired) electrons. The smallest absolute Gasteiger partial charge is 0.219 e. The van der Waals surface area contributed by atoms with Crippen LogP contribution in [0.2, 0.25) is 0 Å². The molecule has 0 spiro atoms. The van der Waals surface area contributed by atoms with E-state index < -0.39 is 6.10 Å². The molecule has 1 heterocycles. The van der Waals surface area contributed by atoms with Crippen molar-refractivity contribution in [3.05, 3.63) is 48.2 Å². The molecule has 2 rings (SSSR count). The van der Waals surface area contributed by atoms with Crippen LogP contribution >= 0.6 is 0 Å². The Morgan fingerprint density at radius 2 is 2.00 bits per heavy atom. The first-order valence-corrected chi connectivity index (χ1v) is 6.23. The van der Waals surface area contributed by atoms with Gasteiger partial charge in [0.15, 0.2) is 0 Å². The van der Waals surface area contributed by atoms with Gasteiger partial charge in [0.2, 0.25) is 5.88 Å². The number of aliphatic hydroxyl groups excluding tert-OH is 1. The Morgan fingerprint density at radius 1 is 1.21 bits per heavy atom. The van der Waals surface area contributed by atoms with Gasteiger partial charge in [-0.25, -0.2) is 4.98 Å². The first-order chi connectivity index (χ1) is 9.19. The summed E-state index contributed by atoms with van der Waals surface area (Å²) in [5, 5.41) is 9.52. The minimum Gasteiger partial charge on any atom is -0.494 e. The monoisotopic (exact) mass is 259 g/mol. The highest BCUT2D eigenvalue weighted by Gasteiger charge is 2.05. The summed E-state index contributed by atoms with van der Waals surface area (Å²) < 4.78 is 11.1. The lowest BCUT2D eigenvalue weighted by Crippen LogP contribution is -1.95. The molecule has 1 atom stereocenters. The van der Waals surface area contributed by atoms with Crippen LogP contribution in [0.5, 0.6) is 17.4 Å². The summed E-state index contributed by atoms with van der Waals surface area (Å²) >= 11 is 0. The van der Waals surface area contributed by atoms with Crippen LogP contribution in [0.4, 0.5) is 0 Å². The van der Waals surface area contributed by atoms with Crippen LogP contribution in [0.3, 0.4) is 0 Å². The van der Waals surface area contributed by atoms with Gasteiger partial charge in [-0.05, 0) is 37.6 Å². The maximum Gasteiger partial charge on any atom is 0.219 e. The normalized spacial score (nSPS) is 11.9. The van der Waals surface area contributed by atoms with E-state index in [2.05, 4.69) is 4.98 Å². The van der Waals surface area contributed by atoms with Gasteiger partial charge in [0.05, 0.1) is 12.7 Å². The van der Waals surface area contributed by atoms with Crippen molar-refractivity contribution in [1.29, 1.82) is 0 Å². The molecule has 0 fully saturated rings. The van der Waals surface area contributed by atoms with E-state index in [4.69, 9.17) is 9.47 Å². The topological polar surface area (TPSA) is 51.6 Å². The largest absolute Gasteiger partial charge is 0.494 e. The zero-order chi connectivity index (χ0) is 13.7. The highest BCUT2D eigenvalue weighted by molar-refractivity contribution is 5.35. The van der Waals surface area contributed by atoms with Gasteiger partial charge in [0.25, 0.3) is 0 Å². The lowest BCUT2D eigenvalue weighted by molar-refractivity contribution is 0.198. The van der Waals surface area contributed by atoms with Crippen molar-refractivity contribution < 1.29 is 14.6 Å². The molecule has 0 aliphatic carbocycles. The Hall–Kier alpha value is -2.07. The zero-order valence-corrected chi connectivity index (χ0v) is 11.0. The zero-order valence-electron chi connectivity index (χ0n) is 11.0. The number of pyridine rings is 1. The minimum atomic E-state index is -0.542. The molecule has 1 aromatic heterocycles. The van der Waals surface area contributed by atoms with Gasteiger partial charge in [-0.15, -0.1) is 0 Å². The lowest BCUT2D eigenvalue weighted by atomic mass is 10.2. The summed E-state index contributed by atoms with van der Waals surface area (Å²) in [5.41, 5.74) is 0.769. The third-order valence-corrected chi connectivity index (χ3v) is 2.58. The van der Waals surface area contributed by atoms with Crippen molar-refractivity contribution in [3.8, 4) is 17.4 Å². The van der Waals surface area contributed by atoms with Crippen molar-refractivity contribution in [3.63, 3.8) is 0 Å². The van der Waals surface area contributed by atoms with Crippen molar-refractivity contribution >= 4 is 0 Å². The average Bonchev–Trinajstić information content (AvgIpc) is 2.40. The average molecular weight is 259 g/mol. The third-order valence-electron chi connectivity index (χ3n) is 2.58. The van der Waals surface area contributed by atoms with E-state index in [0.717, 1.165) is 11.3 Å². The first kappa shape index (κ1) is 13.4. The first-order valence-electron chi connectivity index (χ1n) is 6.23. The summed E-state index contributed by atoms with van der Waals surface area (Å²) in [4.78, 5) is 4.12. The molecule has 0 saturated heterocycles. The minimum absolute atomic E-state index is 0.451. The molecular formula is C15H17NO3. The van der Waals surface area contributed by atoms with Crippen LogP contribution in [-0.4, -0.2) is 16.7 Å². The molecule has 2 aromatic rings. The molecule has 0 amide bonds. The SMILES string of the molecule is CCOc1cccc(Oc2cc(C(C)O)ccn2)c1. The van der Waals surface area contributed by atoms with Crippen LogP contribution in [0.25, 0.3) is 0 Å². The Kier molecular flexibility index (Phi) is 4.36. The molecule has 1 aromatic carbocycles. The van der Waals surface area contributed by atoms with Crippen LogP contribution in [-0.2, 0) is 0 Å². The highest BCUT2D eigenvalue weighted by Crippen LogP contribution is 2.25. The van der Waals surface area contributed by atoms with Gasteiger partial charge in [0.1, 0.15) is 11.5 Å². The second kappa shape index (κ2) is 6.20. The number of aliphatic hydroxyl groups is 1. The van der Waals surface area contributed by atoms with E-state index in [0.29, 0.717) is 18.2 Å². The van der Waals surface area contributed by atoms with Gasteiger partial charge in [-0.2, -0.15) is 0 Å². The summed E-state index contributed by atoms with van der Waals surface area (Å²) in [6.07, 6.45) is 1.07. The molecule has 19 heavy (non-hydrogen) atoms. The predicted octanol–water partition coefficient (Wildman–Crippen LogP) is 3.33. The van der Waals surface area contributed by atoms with Crippen molar-refractivity contribution in [2.24, 2.45) is 0 Å². The highest BCUT2D eigenvalue weighted by atomic mass is 16.5. The molecule has 4 heteroatoms. The van der Waals surface area contributed by atoms with Gasteiger partial charge in [0, 0.05) is 18.3 Å². The standard InChI is InChI=1S/C15H17NO3/c1-3-18-13-5-4-6-14(10-13)19-15-9-12(11(2)17)7-8-16-15/h4-11,17H,3H2,1-2H3. The second-order valence-electron chi connectivity index (χ2n) is 4.11. The molecule has 1 unspecified atom stereocenters. The predicted molar refractivity (Wildman–Crippen MR) is 72.6 cm³/mol. The quantitative estimate of drug-likeness (QED) is 0.894.